The number of esters is 1. The van der Waals surface area contributed by atoms with Gasteiger partial charge < -0.3 is 9.16 Å². The van der Waals surface area contributed by atoms with Crippen molar-refractivity contribution in [2.24, 2.45) is 23.2 Å². The smallest absolute Gasteiger partial charge is 0.305 e. The molecular formula is C32H54O3Si. The van der Waals surface area contributed by atoms with Crippen LogP contribution in [0.2, 0.25) is 18.1 Å². The van der Waals surface area contributed by atoms with E-state index in [1.807, 2.05) is 0 Å². The number of hydrogen-bond donors (Lipinski definition) is 0. The Hall–Kier alpha value is -1.13. The van der Waals surface area contributed by atoms with E-state index in [-0.39, 0.29) is 11.0 Å². The van der Waals surface area contributed by atoms with E-state index in [4.69, 9.17) is 9.16 Å². The molecule has 5 unspecified atom stereocenters. The van der Waals surface area contributed by atoms with Crippen molar-refractivity contribution in [3.05, 3.63) is 35.5 Å². The molecule has 0 aromatic carbocycles. The highest BCUT2D eigenvalue weighted by Crippen LogP contribution is 2.60. The third-order valence-electron chi connectivity index (χ3n) is 10.4. The maximum atomic E-state index is 11.6. The van der Waals surface area contributed by atoms with Gasteiger partial charge in [0, 0.05) is 12.5 Å². The van der Waals surface area contributed by atoms with Gasteiger partial charge in [-0.25, -0.2) is 0 Å². The molecular weight excluding hydrogens is 460 g/mol. The Labute approximate surface area is 223 Å². The number of carbonyl (C=O) groups excluding carboxylic acids is 1. The quantitative estimate of drug-likeness (QED) is 0.239. The van der Waals surface area contributed by atoms with E-state index in [2.05, 4.69) is 66.4 Å². The molecule has 0 bridgehead atoms. The lowest BCUT2D eigenvalue weighted by atomic mass is 9.60. The lowest BCUT2D eigenvalue weighted by molar-refractivity contribution is -0.140. The van der Waals surface area contributed by atoms with Crippen molar-refractivity contribution in [3.63, 3.8) is 0 Å². The number of rotatable bonds is 8. The summed E-state index contributed by atoms with van der Waals surface area (Å²) in [5, 5.41) is 0.245. The topological polar surface area (TPSA) is 35.5 Å². The summed E-state index contributed by atoms with van der Waals surface area (Å²) in [5.41, 5.74) is 4.78. The number of methoxy groups -OCH3 is 1. The average molecular weight is 515 g/mol. The Kier molecular flexibility index (Phi) is 9.58. The molecule has 3 aliphatic rings. The van der Waals surface area contributed by atoms with Crippen molar-refractivity contribution < 1.29 is 14.0 Å². The first kappa shape index (κ1) is 29.4. The second kappa shape index (κ2) is 11.7. The number of allylic oxidation sites excluding steroid dienone is 4. The minimum atomic E-state index is -1.76. The van der Waals surface area contributed by atoms with Crippen LogP contribution in [-0.4, -0.2) is 27.5 Å². The summed E-state index contributed by atoms with van der Waals surface area (Å²) in [5.74, 6) is 2.04. The van der Waals surface area contributed by atoms with Gasteiger partial charge in [0.05, 0.1) is 7.11 Å². The molecule has 0 aromatic rings. The normalized spacial score (nSPS) is 32.6. The summed E-state index contributed by atoms with van der Waals surface area (Å²) in [6, 6.07) is 0. The van der Waals surface area contributed by atoms with Crippen molar-refractivity contribution >= 4 is 14.3 Å². The first-order valence-corrected chi connectivity index (χ1v) is 17.5. The fraction of sp³-hybridized carbons (Fsp3) is 0.781. The van der Waals surface area contributed by atoms with Crippen molar-refractivity contribution in [2.75, 3.05) is 7.11 Å². The zero-order valence-electron chi connectivity index (χ0n) is 24.7. The summed E-state index contributed by atoms with van der Waals surface area (Å²) < 4.78 is 11.6. The van der Waals surface area contributed by atoms with Gasteiger partial charge in [-0.1, -0.05) is 64.5 Å². The van der Waals surface area contributed by atoms with Crippen molar-refractivity contribution in [1.82, 2.24) is 0 Å². The van der Waals surface area contributed by atoms with Crippen LogP contribution in [0.25, 0.3) is 0 Å². The van der Waals surface area contributed by atoms with E-state index in [9.17, 15) is 4.79 Å². The highest BCUT2D eigenvalue weighted by atomic mass is 28.4. The van der Waals surface area contributed by atoms with Crippen molar-refractivity contribution in [2.45, 2.75) is 129 Å². The van der Waals surface area contributed by atoms with E-state index < -0.39 is 8.32 Å². The fourth-order valence-corrected chi connectivity index (χ4v) is 8.55. The molecule has 0 radical (unpaired) electrons. The molecule has 0 saturated heterocycles. The number of hydrogen-bond acceptors (Lipinski definition) is 3. The Balaban J connectivity index is 1.68. The van der Waals surface area contributed by atoms with Crippen LogP contribution >= 0.6 is 0 Å². The van der Waals surface area contributed by atoms with Crippen LogP contribution in [-0.2, 0) is 14.0 Å². The Morgan fingerprint density at radius 1 is 1.19 bits per heavy atom. The standard InChI is InChI=1S/C32H54O3Si/c1-23-15-18-27(35-36(8,9)31(3,4)5)22-26(23)17-16-25-13-11-21-32(6)28(19-20-29(25)32)24(2)12-10-14-30(33)34-7/h16-17,24,27-29H,1,10-15,18-22H2,2-9H3/b25-16+,26-17-. The second-order valence-electron chi connectivity index (χ2n) is 13.8. The predicted molar refractivity (Wildman–Crippen MR) is 154 cm³/mol. The first-order chi connectivity index (χ1) is 16.8. The van der Waals surface area contributed by atoms with Gasteiger partial charge >= 0.3 is 5.97 Å². The third-order valence-corrected chi connectivity index (χ3v) is 15.0. The lowest BCUT2D eigenvalue weighted by Gasteiger charge is -2.44. The van der Waals surface area contributed by atoms with Gasteiger partial charge in [-0.05, 0) is 111 Å². The van der Waals surface area contributed by atoms with Gasteiger partial charge in [-0.3, -0.25) is 4.79 Å². The van der Waals surface area contributed by atoms with E-state index in [1.54, 1.807) is 5.57 Å². The molecule has 0 aromatic heterocycles. The molecule has 3 saturated carbocycles. The van der Waals surface area contributed by atoms with Crippen LogP contribution in [0.1, 0.15) is 105 Å². The summed E-state index contributed by atoms with van der Waals surface area (Å²) in [6.45, 7) is 21.1. The highest BCUT2D eigenvalue weighted by Gasteiger charge is 2.50. The Bertz CT molecular complexity index is 861. The van der Waals surface area contributed by atoms with Gasteiger partial charge in [0.2, 0.25) is 0 Å². The molecule has 0 heterocycles. The van der Waals surface area contributed by atoms with Crippen LogP contribution in [0.5, 0.6) is 0 Å². The number of ether oxygens (including phenoxy) is 1. The molecule has 0 N–H and O–H groups in total. The van der Waals surface area contributed by atoms with Crippen LogP contribution in [0, 0.1) is 23.2 Å². The van der Waals surface area contributed by atoms with Crippen LogP contribution < -0.4 is 0 Å². The molecule has 0 amide bonds. The van der Waals surface area contributed by atoms with Gasteiger partial charge in [0.1, 0.15) is 0 Å². The SMILES string of the molecule is C=C1CCC(O[Si](C)(C)C(C)(C)C)C/C1=C/C=C1\CCCC2(C)C1CCC2C(C)CCCC(=O)OC. The molecule has 4 heteroatoms. The van der Waals surface area contributed by atoms with Gasteiger partial charge in [-0.15, -0.1) is 0 Å². The number of carbonyl (C=O) groups is 1. The van der Waals surface area contributed by atoms with Crippen molar-refractivity contribution in [1.29, 1.82) is 0 Å². The number of fused-ring (bicyclic) bond motifs is 1. The van der Waals surface area contributed by atoms with Gasteiger partial charge in [0.25, 0.3) is 0 Å². The largest absolute Gasteiger partial charge is 0.469 e. The van der Waals surface area contributed by atoms with Crippen LogP contribution in [0.15, 0.2) is 35.5 Å². The molecule has 3 rings (SSSR count). The van der Waals surface area contributed by atoms with Gasteiger partial charge in [0.15, 0.2) is 8.32 Å². The molecule has 3 fully saturated rings. The zero-order chi connectivity index (χ0) is 26.7. The molecule has 0 aliphatic heterocycles. The molecule has 3 aliphatic carbocycles. The Morgan fingerprint density at radius 3 is 2.58 bits per heavy atom. The molecule has 3 nitrogen and oxygen atoms in total. The zero-order valence-corrected chi connectivity index (χ0v) is 25.7. The Morgan fingerprint density at radius 2 is 1.92 bits per heavy atom. The van der Waals surface area contributed by atoms with E-state index in [1.165, 1.54) is 50.4 Å². The first-order valence-electron chi connectivity index (χ1n) is 14.6. The van der Waals surface area contributed by atoms with Gasteiger partial charge in [-0.2, -0.15) is 0 Å². The monoisotopic (exact) mass is 514 g/mol. The predicted octanol–water partition coefficient (Wildman–Crippen LogP) is 9.17. The molecule has 36 heavy (non-hydrogen) atoms. The molecule has 0 spiro atoms. The van der Waals surface area contributed by atoms with Crippen molar-refractivity contribution in [3.8, 4) is 0 Å². The maximum absolute atomic E-state index is 11.6. The molecule has 204 valence electrons. The van der Waals surface area contributed by atoms with Crippen LogP contribution in [0.4, 0.5) is 0 Å². The maximum Gasteiger partial charge on any atom is 0.305 e. The minimum Gasteiger partial charge on any atom is -0.469 e. The summed E-state index contributed by atoms with van der Waals surface area (Å²) in [7, 11) is -0.272. The van der Waals surface area contributed by atoms with E-state index in [0.717, 1.165) is 38.0 Å². The fourth-order valence-electron chi connectivity index (χ4n) is 7.16. The second-order valence-corrected chi connectivity index (χ2v) is 18.6. The van der Waals surface area contributed by atoms with E-state index in [0.29, 0.717) is 29.8 Å². The minimum absolute atomic E-state index is 0.0742. The lowest BCUT2D eigenvalue weighted by Crippen LogP contribution is -2.44. The molecule has 5 atom stereocenters. The third kappa shape index (κ3) is 6.65. The van der Waals surface area contributed by atoms with Crippen LogP contribution in [0.3, 0.4) is 0 Å². The summed E-state index contributed by atoms with van der Waals surface area (Å²) >= 11 is 0. The summed E-state index contributed by atoms with van der Waals surface area (Å²) in [6.07, 6.45) is 17.5. The highest BCUT2D eigenvalue weighted by molar-refractivity contribution is 6.74. The summed E-state index contributed by atoms with van der Waals surface area (Å²) in [4.78, 5) is 11.6. The van der Waals surface area contributed by atoms with E-state index >= 15 is 0 Å². The average Bonchev–Trinajstić information content (AvgIpc) is 3.15.